The molecule has 2 atom stereocenters. The molecule has 0 spiro atoms. The second kappa shape index (κ2) is 11.3. The van der Waals surface area contributed by atoms with Crippen molar-refractivity contribution in [3.05, 3.63) is 12.2 Å². The summed E-state index contributed by atoms with van der Waals surface area (Å²) in [6.45, 7) is 6.29. The summed E-state index contributed by atoms with van der Waals surface area (Å²) in [5.41, 5.74) is 0. The van der Waals surface area contributed by atoms with Crippen LogP contribution in [0, 0.1) is 11.8 Å². The topological polar surface area (TPSA) is 52.6 Å². The fourth-order valence-electron chi connectivity index (χ4n) is 2.82. The fraction of sp³-hybridized carbons (Fsp3) is 0.789. The first-order valence-corrected chi connectivity index (χ1v) is 9.08. The lowest BCUT2D eigenvalue weighted by Crippen LogP contribution is -2.34. The van der Waals surface area contributed by atoms with Crippen molar-refractivity contribution in [2.24, 2.45) is 11.8 Å². The average Bonchev–Trinajstić information content (AvgIpc) is 2.53. The fourth-order valence-corrected chi connectivity index (χ4v) is 2.82. The molecule has 1 rings (SSSR count). The van der Waals surface area contributed by atoms with E-state index in [1.807, 2.05) is 26.0 Å². The summed E-state index contributed by atoms with van der Waals surface area (Å²) in [5, 5.41) is 0. The lowest BCUT2D eigenvalue weighted by molar-refractivity contribution is -0.163. The van der Waals surface area contributed by atoms with Gasteiger partial charge in [0.05, 0.1) is 24.5 Å². The van der Waals surface area contributed by atoms with Crippen LogP contribution in [0.2, 0.25) is 0 Å². The molecule has 0 amide bonds. The summed E-state index contributed by atoms with van der Waals surface area (Å²) in [5.74, 6) is -1.34. The van der Waals surface area contributed by atoms with Gasteiger partial charge in [-0.2, -0.15) is 0 Å². The van der Waals surface area contributed by atoms with Crippen LogP contribution in [0.5, 0.6) is 0 Å². The number of ether oxygens (including phenoxy) is 2. The highest BCUT2D eigenvalue weighted by atomic mass is 16.5. The summed E-state index contributed by atoms with van der Waals surface area (Å²) >= 11 is 0. The van der Waals surface area contributed by atoms with Gasteiger partial charge in [-0.15, -0.1) is 0 Å². The predicted molar refractivity (Wildman–Crippen MR) is 90.9 cm³/mol. The van der Waals surface area contributed by atoms with Crippen LogP contribution in [0.3, 0.4) is 0 Å². The molecule has 0 saturated heterocycles. The summed E-state index contributed by atoms with van der Waals surface area (Å²) in [6, 6.07) is 0. The molecule has 0 aromatic rings. The first kappa shape index (κ1) is 19.7. The predicted octanol–water partition coefficient (Wildman–Crippen LogP) is 4.42. The highest BCUT2D eigenvalue weighted by Crippen LogP contribution is 2.28. The maximum Gasteiger partial charge on any atom is 0.310 e. The summed E-state index contributed by atoms with van der Waals surface area (Å²) in [7, 11) is 0. The zero-order valence-electron chi connectivity index (χ0n) is 14.9. The minimum Gasteiger partial charge on any atom is -0.465 e. The zero-order valence-corrected chi connectivity index (χ0v) is 14.9. The molecule has 0 fully saturated rings. The van der Waals surface area contributed by atoms with E-state index >= 15 is 0 Å². The van der Waals surface area contributed by atoms with Gasteiger partial charge >= 0.3 is 11.9 Å². The third kappa shape index (κ3) is 7.67. The van der Waals surface area contributed by atoms with Gasteiger partial charge in [0.25, 0.3) is 0 Å². The first-order valence-electron chi connectivity index (χ1n) is 9.08. The molecule has 0 N–H and O–H groups in total. The Hall–Kier alpha value is -1.32. The van der Waals surface area contributed by atoms with Crippen LogP contribution in [-0.2, 0) is 19.1 Å². The SMILES string of the molecule is CCCCCCCCOC(=O)C1CC=CCC1C(=O)OC(C)C. The Balaban J connectivity index is 2.34. The molecule has 2 unspecified atom stereocenters. The molecule has 4 heteroatoms. The van der Waals surface area contributed by atoms with Gasteiger partial charge in [0, 0.05) is 0 Å². The zero-order chi connectivity index (χ0) is 17.1. The van der Waals surface area contributed by atoms with Crippen molar-refractivity contribution in [2.75, 3.05) is 6.61 Å². The third-order valence-electron chi connectivity index (χ3n) is 4.13. The van der Waals surface area contributed by atoms with Gasteiger partial charge in [-0.1, -0.05) is 51.2 Å². The van der Waals surface area contributed by atoms with Gasteiger partial charge in [0.15, 0.2) is 0 Å². The van der Waals surface area contributed by atoms with E-state index in [1.165, 1.54) is 25.7 Å². The third-order valence-corrected chi connectivity index (χ3v) is 4.13. The number of unbranched alkanes of at least 4 members (excludes halogenated alkanes) is 5. The number of allylic oxidation sites excluding steroid dienone is 2. The minimum atomic E-state index is -0.403. The largest absolute Gasteiger partial charge is 0.465 e. The second-order valence-electron chi connectivity index (χ2n) is 6.58. The van der Waals surface area contributed by atoms with Crippen LogP contribution in [0.25, 0.3) is 0 Å². The van der Waals surface area contributed by atoms with Gasteiger partial charge < -0.3 is 9.47 Å². The van der Waals surface area contributed by atoms with Crippen LogP contribution in [-0.4, -0.2) is 24.6 Å². The van der Waals surface area contributed by atoms with E-state index in [0.717, 1.165) is 12.8 Å². The number of carbonyl (C=O) groups is 2. The number of hydrogen-bond acceptors (Lipinski definition) is 4. The second-order valence-corrected chi connectivity index (χ2v) is 6.58. The molecule has 0 aromatic heterocycles. The molecule has 0 heterocycles. The quantitative estimate of drug-likeness (QED) is 0.339. The summed E-state index contributed by atoms with van der Waals surface area (Å²) < 4.78 is 10.7. The van der Waals surface area contributed by atoms with E-state index in [9.17, 15) is 9.59 Å². The molecule has 0 radical (unpaired) electrons. The van der Waals surface area contributed by atoms with Gasteiger partial charge in [-0.25, -0.2) is 0 Å². The molecule has 1 aliphatic carbocycles. The van der Waals surface area contributed by atoms with E-state index in [2.05, 4.69) is 6.92 Å². The highest BCUT2D eigenvalue weighted by Gasteiger charge is 2.36. The van der Waals surface area contributed by atoms with Crippen molar-refractivity contribution >= 4 is 11.9 Å². The lowest BCUT2D eigenvalue weighted by Gasteiger charge is -2.26. The van der Waals surface area contributed by atoms with Crippen molar-refractivity contribution in [3.8, 4) is 0 Å². The number of rotatable bonds is 10. The van der Waals surface area contributed by atoms with Gasteiger partial charge in [0.1, 0.15) is 0 Å². The lowest BCUT2D eigenvalue weighted by atomic mass is 9.83. The van der Waals surface area contributed by atoms with Gasteiger partial charge in [0.2, 0.25) is 0 Å². The maximum absolute atomic E-state index is 12.3. The molecule has 4 nitrogen and oxygen atoms in total. The molecule has 0 aliphatic heterocycles. The minimum absolute atomic E-state index is 0.159. The Morgan fingerprint density at radius 3 is 2.13 bits per heavy atom. The van der Waals surface area contributed by atoms with E-state index in [0.29, 0.717) is 19.4 Å². The molecule has 1 aliphatic rings. The van der Waals surface area contributed by atoms with Crippen LogP contribution in [0.4, 0.5) is 0 Å². The standard InChI is InChI=1S/C19H32O4/c1-4-5-6-7-8-11-14-22-18(20)16-12-9-10-13-17(16)19(21)23-15(2)3/h9-10,15-17H,4-8,11-14H2,1-3H3. The van der Waals surface area contributed by atoms with Crippen LogP contribution in [0.1, 0.15) is 72.1 Å². The maximum atomic E-state index is 12.3. The number of carbonyl (C=O) groups excluding carboxylic acids is 2. The Bertz CT molecular complexity index is 387. The normalized spacial score (nSPS) is 20.5. The number of hydrogen-bond donors (Lipinski definition) is 0. The molecular weight excluding hydrogens is 292 g/mol. The molecule has 0 saturated carbocycles. The van der Waals surface area contributed by atoms with Crippen LogP contribution < -0.4 is 0 Å². The van der Waals surface area contributed by atoms with Crippen molar-refractivity contribution < 1.29 is 19.1 Å². The van der Waals surface area contributed by atoms with E-state index in [1.54, 1.807) is 0 Å². The summed E-state index contributed by atoms with van der Waals surface area (Å²) in [6.07, 6.45) is 11.8. The van der Waals surface area contributed by atoms with Crippen molar-refractivity contribution in [3.63, 3.8) is 0 Å². The first-order chi connectivity index (χ1) is 11.1. The van der Waals surface area contributed by atoms with Crippen molar-refractivity contribution in [1.82, 2.24) is 0 Å². The van der Waals surface area contributed by atoms with Crippen LogP contribution in [0.15, 0.2) is 12.2 Å². The van der Waals surface area contributed by atoms with E-state index < -0.39 is 11.8 Å². The average molecular weight is 324 g/mol. The Morgan fingerprint density at radius 2 is 1.52 bits per heavy atom. The van der Waals surface area contributed by atoms with Gasteiger partial charge in [-0.3, -0.25) is 9.59 Å². The van der Waals surface area contributed by atoms with Crippen molar-refractivity contribution in [1.29, 1.82) is 0 Å². The van der Waals surface area contributed by atoms with Gasteiger partial charge in [-0.05, 0) is 33.1 Å². The highest BCUT2D eigenvalue weighted by molar-refractivity contribution is 5.82. The monoisotopic (exact) mass is 324 g/mol. The Morgan fingerprint density at radius 1 is 0.957 bits per heavy atom. The van der Waals surface area contributed by atoms with Crippen molar-refractivity contribution in [2.45, 2.75) is 78.2 Å². The Kier molecular flexibility index (Phi) is 9.65. The summed E-state index contributed by atoms with van der Waals surface area (Å²) in [4.78, 5) is 24.4. The molecule has 23 heavy (non-hydrogen) atoms. The molecule has 0 aromatic carbocycles. The van der Waals surface area contributed by atoms with Crippen LogP contribution >= 0.6 is 0 Å². The smallest absolute Gasteiger partial charge is 0.310 e. The molecule has 132 valence electrons. The van der Waals surface area contributed by atoms with E-state index in [-0.39, 0.29) is 18.0 Å². The van der Waals surface area contributed by atoms with E-state index in [4.69, 9.17) is 9.47 Å². The number of esters is 2. The molecular formula is C19H32O4. The molecule has 0 bridgehead atoms. The Labute approximate surface area is 140 Å².